The largest absolute Gasteiger partial charge is 0.347 e. The first kappa shape index (κ1) is 11.6. The van der Waals surface area contributed by atoms with Crippen molar-refractivity contribution in [3.8, 4) is 0 Å². The maximum absolute atomic E-state index is 4.33. The van der Waals surface area contributed by atoms with E-state index < -0.39 is 0 Å². The topological polar surface area (TPSA) is 40.7 Å². The molecule has 2 rings (SSSR count). The average molecular weight is 221 g/mol. The van der Waals surface area contributed by atoms with Crippen LogP contribution < -0.4 is 5.32 Å². The van der Waals surface area contributed by atoms with Crippen LogP contribution in [0.5, 0.6) is 0 Å². The summed E-state index contributed by atoms with van der Waals surface area (Å²) in [7, 11) is 0. The second-order valence-electron chi connectivity index (χ2n) is 5.27. The van der Waals surface area contributed by atoms with Gasteiger partial charge in [0.1, 0.15) is 5.82 Å². The van der Waals surface area contributed by atoms with Crippen molar-refractivity contribution in [3.05, 3.63) is 18.2 Å². The van der Waals surface area contributed by atoms with E-state index in [1.54, 1.807) is 0 Å². The molecule has 3 heteroatoms. The van der Waals surface area contributed by atoms with Gasteiger partial charge in [0.05, 0.1) is 6.04 Å². The summed E-state index contributed by atoms with van der Waals surface area (Å²) in [5.41, 5.74) is 0. The second kappa shape index (κ2) is 5.00. The van der Waals surface area contributed by atoms with E-state index in [1.807, 2.05) is 12.4 Å². The van der Waals surface area contributed by atoms with Crippen LogP contribution in [0.1, 0.15) is 51.9 Å². The molecule has 0 saturated heterocycles. The highest BCUT2D eigenvalue weighted by Gasteiger charge is 2.32. The summed E-state index contributed by atoms with van der Waals surface area (Å²) in [6.45, 7) is 6.86. The third-order valence-electron chi connectivity index (χ3n) is 3.81. The smallest absolute Gasteiger partial charge is 0.123 e. The van der Waals surface area contributed by atoms with Crippen molar-refractivity contribution >= 4 is 0 Å². The summed E-state index contributed by atoms with van der Waals surface area (Å²) in [6, 6.07) is 1.09. The first-order chi connectivity index (χ1) is 7.70. The lowest BCUT2D eigenvalue weighted by Crippen LogP contribution is -2.44. The highest BCUT2D eigenvalue weighted by atomic mass is 15.0. The molecule has 1 fully saturated rings. The van der Waals surface area contributed by atoms with E-state index in [0.29, 0.717) is 12.1 Å². The van der Waals surface area contributed by atoms with Crippen LogP contribution >= 0.6 is 0 Å². The highest BCUT2D eigenvalue weighted by molar-refractivity contribution is 4.98. The Morgan fingerprint density at radius 1 is 1.50 bits per heavy atom. The molecule has 0 radical (unpaired) electrons. The van der Waals surface area contributed by atoms with Gasteiger partial charge < -0.3 is 10.3 Å². The molecule has 1 aliphatic rings. The van der Waals surface area contributed by atoms with E-state index in [4.69, 9.17) is 0 Å². The van der Waals surface area contributed by atoms with Crippen LogP contribution in [0.4, 0.5) is 0 Å². The van der Waals surface area contributed by atoms with Gasteiger partial charge in [0.2, 0.25) is 0 Å². The van der Waals surface area contributed by atoms with Gasteiger partial charge in [0, 0.05) is 18.4 Å². The number of H-pyrrole nitrogens is 1. The molecule has 0 bridgehead atoms. The van der Waals surface area contributed by atoms with E-state index in [0.717, 1.165) is 24.1 Å². The van der Waals surface area contributed by atoms with Gasteiger partial charge >= 0.3 is 0 Å². The van der Waals surface area contributed by atoms with Crippen LogP contribution in [0, 0.1) is 11.8 Å². The Labute approximate surface area is 98.1 Å². The lowest BCUT2D eigenvalue weighted by atomic mass is 9.73. The van der Waals surface area contributed by atoms with Gasteiger partial charge in [-0.15, -0.1) is 0 Å². The number of hydrogen-bond donors (Lipinski definition) is 2. The third-order valence-corrected chi connectivity index (χ3v) is 3.81. The van der Waals surface area contributed by atoms with Gasteiger partial charge in [0.25, 0.3) is 0 Å². The molecule has 16 heavy (non-hydrogen) atoms. The molecule has 0 spiro atoms. The Hall–Kier alpha value is -0.830. The molecule has 0 aliphatic heterocycles. The van der Waals surface area contributed by atoms with Crippen LogP contribution in [-0.4, -0.2) is 16.0 Å². The normalized spacial score (nSPS) is 26.8. The quantitative estimate of drug-likeness (QED) is 0.802. The molecule has 1 heterocycles. The van der Waals surface area contributed by atoms with Crippen molar-refractivity contribution < 1.29 is 0 Å². The van der Waals surface area contributed by atoms with Crippen molar-refractivity contribution in [3.63, 3.8) is 0 Å². The van der Waals surface area contributed by atoms with Gasteiger partial charge in [-0.1, -0.05) is 20.8 Å². The van der Waals surface area contributed by atoms with Gasteiger partial charge in [-0.3, -0.25) is 0 Å². The molecule has 90 valence electrons. The Morgan fingerprint density at radius 2 is 2.25 bits per heavy atom. The van der Waals surface area contributed by atoms with E-state index in [1.165, 1.54) is 12.8 Å². The minimum Gasteiger partial charge on any atom is -0.347 e. The van der Waals surface area contributed by atoms with Crippen LogP contribution in [0.25, 0.3) is 0 Å². The van der Waals surface area contributed by atoms with Crippen LogP contribution in [0.2, 0.25) is 0 Å². The Morgan fingerprint density at radius 3 is 2.75 bits per heavy atom. The minimum absolute atomic E-state index is 0.396. The Balaban J connectivity index is 1.81. The number of rotatable bonds is 5. The van der Waals surface area contributed by atoms with Gasteiger partial charge in [-0.25, -0.2) is 4.98 Å². The molecular weight excluding hydrogens is 198 g/mol. The summed E-state index contributed by atoms with van der Waals surface area (Å²) in [5.74, 6) is 2.84. The first-order valence-electron chi connectivity index (χ1n) is 6.46. The highest BCUT2D eigenvalue weighted by Crippen LogP contribution is 2.34. The third kappa shape index (κ3) is 2.46. The zero-order valence-corrected chi connectivity index (χ0v) is 10.5. The van der Waals surface area contributed by atoms with Crippen molar-refractivity contribution in [1.29, 1.82) is 0 Å². The number of aromatic nitrogens is 2. The zero-order chi connectivity index (χ0) is 11.5. The molecule has 1 saturated carbocycles. The minimum atomic E-state index is 0.396. The predicted octanol–water partition coefficient (Wildman–Crippen LogP) is 2.89. The van der Waals surface area contributed by atoms with Crippen molar-refractivity contribution in [1.82, 2.24) is 15.3 Å². The average Bonchev–Trinajstić information content (AvgIpc) is 2.68. The molecule has 1 aliphatic carbocycles. The van der Waals surface area contributed by atoms with E-state index in [9.17, 15) is 0 Å². The molecule has 1 aromatic heterocycles. The number of imidazole rings is 1. The maximum atomic E-state index is 4.33. The lowest BCUT2D eigenvalue weighted by Gasteiger charge is -2.40. The SMILES string of the molecule is CCC(NC1CC(C(C)C)C1)c1ncc[nH]1. The first-order valence-corrected chi connectivity index (χ1v) is 6.46. The monoisotopic (exact) mass is 221 g/mol. The second-order valence-corrected chi connectivity index (χ2v) is 5.27. The van der Waals surface area contributed by atoms with Crippen LogP contribution in [0.15, 0.2) is 12.4 Å². The fourth-order valence-electron chi connectivity index (χ4n) is 2.48. The lowest BCUT2D eigenvalue weighted by molar-refractivity contribution is 0.155. The van der Waals surface area contributed by atoms with E-state index in [2.05, 4.69) is 36.1 Å². The fourth-order valence-corrected chi connectivity index (χ4v) is 2.48. The number of nitrogens with one attached hydrogen (secondary N) is 2. The van der Waals surface area contributed by atoms with Crippen LogP contribution in [0.3, 0.4) is 0 Å². The molecule has 1 unspecified atom stereocenters. The molecule has 1 atom stereocenters. The molecule has 0 aromatic carbocycles. The summed E-state index contributed by atoms with van der Waals surface area (Å²) in [4.78, 5) is 7.54. The van der Waals surface area contributed by atoms with Crippen molar-refractivity contribution in [2.24, 2.45) is 11.8 Å². The summed E-state index contributed by atoms with van der Waals surface area (Å²) in [5, 5.41) is 3.70. The Bertz CT molecular complexity index is 299. The molecule has 2 N–H and O–H groups in total. The van der Waals surface area contributed by atoms with E-state index >= 15 is 0 Å². The van der Waals surface area contributed by atoms with Crippen LogP contribution in [-0.2, 0) is 0 Å². The van der Waals surface area contributed by atoms with Crippen molar-refractivity contribution in [2.45, 2.75) is 52.1 Å². The van der Waals surface area contributed by atoms with Gasteiger partial charge in [-0.05, 0) is 31.1 Å². The predicted molar refractivity (Wildman–Crippen MR) is 66.1 cm³/mol. The molecular formula is C13H23N3. The summed E-state index contributed by atoms with van der Waals surface area (Å²) in [6.07, 6.45) is 7.48. The Kier molecular flexibility index (Phi) is 3.64. The number of hydrogen-bond acceptors (Lipinski definition) is 2. The van der Waals surface area contributed by atoms with Gasteiger partial charge in [-0.2, -0.15) is 0 Å². The number of aromatic amines is 1. The summed E-state index contributed by atoms with van der Waals surface area (Å²) >= 11 is 0. The number of nitrogens with zero attached hydrogens (tertiary/aromatic N) is 1. The molecule has 3 nitrogen and oxygen atoms in total. The van der Waals surface area contributed by atoms with Gasteiger partial charge in [0.15, 0.2) is 0 Å². The molecule has 1 aromatic rings. The fraction of sp³-hybridized carbons (Fsp3) is 0.769. The standard InChI is InChI=1S/C13H23N3/c1-4-12(13-14-5-6-15-13)16-11-7-10(8-11)9(2)3/h5-6,9-12,16H,4,7-8H2,1-3H3,(H,14,15). The van der Waals surface area contributed by atoms with Crippen molar-refractivity contribution in [2.75, 3.05) is 0 Å². The summed E-state index contributed by atoms with van der Waals surface area (Å²) < 4.78 is 0. The zero-order valence-electron chi connectivity index (χ0n) is 10.5. The maximum Gasteiger partial charge on any atom is 0.123 e. The molecule has 0 amide bonds. The van der Waals surface area contributed by atoms with E-state index in [-0.39, 0.29) is 0 Å².